The lowest BCUT2D eigenvalue weighted by molar-refractivity contribution is -0.117. The SMILES string of the molecule is [2H]c1nccc2cc(NC(=O)[C@H](CN)c3ccc(COC(=O)c4ccc(C)cc4C)cc3)ccc12. The fourth-order valence-corrected chi connectivity index (χ4v) is 3.84. The Labute approximate surface area is 200 Å². The number of ether oxygens (including phenoxy) is 1. The number of carbonyl (C=O) groups is 2. The molecule has 0 unspecified atom stereocenters. The number of nitrogens with two attached hydrogens (primary N) is 1. The Bertz CT molecular complexity index is 1390. The first-order valence-corrected chi connectivity index (χ1v) is 11.0. The summed E-state index contributed by atoms with van der Waals surface area (Å²) >= 11 is 0. The van der Waals surface area contributed by atoms with Crippen LogP contribution in [-0.2, 0) is 16.1 Å². The Morgan fingerprint density at radius 2 is 1.82 bits per heavy atom. The van der Waals surface area contributed by atoms with Crippen LogP contribution in [0.3, 0.4) is 0 Å². The zero-order valence-corrected chi connectivity index (χ0v) is 19.2. The van der Waals surface area contributed by atoms with Crippen LogP contribution in [0.25, 0.3) is 10.8 Å². The minimum Gasteiger partial charge on any atom is -0.457 e. The normalized spacial score (nSPS) is 12.1. The van der Waals surface area contributed by atoms with E-state index in [2.05, 4.69) is 10.3 Å². The maximum Gasteiger partial charge on any atom is 0.338 e. The molecule has 0 aliphatic heterocycles. The van der Waals surface area contributed by atoms with Gasteiger partial charge in [0.25, 0.3) is 0 Å². The lowest BCUT2D eigenvalue weighted by Gasteiger charge is -2.16. The number of hydrogen-bond acceptors (Lipinski definition) is 5. The fraction of sp³-hybridized carbons (Fsp3) is 0.179. The number of rotatable bonds is 7. The number of fused-ring (bicyclic) bond motifs is 1. The molecule has 0 aliphatic rings. The third-order valence-corrected chi connectivity index (χ3v) is 5.74. The molecule has 172 valence electrons. The quantitative estimate of drug-likeness (QED) is 0.388. The smallest absolute Gasteiger partial charge is 0.338 e. The Morgan fingerprint density at radius 3 is 2.56 bits per heavy atom. The predicted molar refractivity (Wildman–Crippen MR) is 134 cm³/mol. The van der Waals surface area contributed by atoms with Crippen molar-refractivity contribution in [2.75, 3.05) is 11.9 Å². The second kappa shape index (κ2) is 10.3. The number of benzene rings is 3. The van der Waals surface area contributed by atoms with Crippen LogP contribution in [0.2, 0.25) is 0 Å². The van der Waals surface area contributed by atoms with Crippen LogP contribution in [0.15, 0.2) is 79.1 Å². The molecule has 6 nitrogen and oxygen atoms in total. The van der Waals surface area contributed by atoms with Crippen molar-refractivity contribution in [3.63, 3.8) is 0 Å². The van der Waals surface area contributed by atoms with E-state index in [1.54, 1.807) is 30.5 Å². The summed E-state index contributed by atoms with van der Waals surface area (Å²) in [5.74, 6) is -1.13. The summed E-state index contributed by atoms with van der Waals surface area (Å²) in [6.07, 6.45) is 1.76. The highest BCUT2D eigenvalue weighted by atomic mass is 16.5. The van der Waals surface area contributed by atoms with Gasteiger partial charge in [-0.25, -0.2) is 4.79 Å². The van der Waals surface area contributed by atoms with Crippen molar-refractivity contribution < 1.29 is 15.7 Å². The van der Waals surface area contributed by atoms with Gasteiger partial charge in [0.15, 0.2) is 0 Å². The Hall–Kier alpha value is -4.03. The molecule has 3 aromatic carbocycles. The number of nitrogens with zero attached hydrogens (tertiary/aromatic N) is 1. The zero-order valence-electron chi connectivity index (χ0n) is 20.2. The summed E-state index contributed by atoms with van der Waals surface area (Å²) in [5.41, 5.74) is 10.7. The van der Waals surface area contributed by atoms with Crippen molar-refractivity contribution in [2.24, 2.45) is 5.73 Å². The number of aromatic nitrogens is 1. The van der Waals surface area contributed by atoms with Gasteiger partial charge in [0.2, 0.25) is 5.91 Å². The summed E-state index contributed by atoms with van der Waals surface area (Å²) < 4.78 is 13.3. The summed E-state index contributed by atoms with van der Waals surface area (Å²) in [6, 6.07) is 20.1. The number of amides is 1. The first-order valence-electron chi connectivity index (χ1n) is 11.5. The van der Waals surface area contributed by atoms with Crippen LogP contribution in [0.1, 0.15) is 39.9 Å². The van der Waals surface area contributed by atoms with Crippen LogP contribution in [0.4, 0.5) is 5.69 Å². The third-order valence-electron chi connectivity index (χ3n) is 5.74. The lowest BCUT2D eigenvalue weighted by atomic mass is 9.97. The summed E-state index contributed by atoms with van der Waals surface area (Å²) in [5, 5.41) is 4.46. The highest BCUT2D eigenvalue weighted by Gasteiger charge is 2.19. The van der Waals surface area contributed by atoms with Gasteiger partial charge in [-0.3, -0.25) is 9.78 Å². The number of anilines is 1. The van der Waals surface area contributed by atoms with Crippen LogP contribution >= 0.6 is 0 Å². The standard InChI is InChI=1S/C28H27N3O3/c1-18-3-10-25(19(2)13-18)28(33)34-17-20-4-6-21(7-5-20)26(15-29)27(32)31-24-9-8-23-16-30-12-11-22(23)14-24/h3-14,16,26H,15,17,29H2,1-2H3,(H,31,32)/t26-/m1/s1/i16D. The number of pyridine rings is 1. The minimum absolute atomic E-state index is 0.135. The van der Waals surface area contributed by atoms with E-state index >= 15 is 0 Å². The Morgan fingerprint density at radius 1 is 1.03 bits per heavy atom. The maximum atomic E-state index is 12.9. The van der Waals surface area contributed by atoms with E-state index in [-0.39, 0.29) is 31.2 Å². The van der Waals surface area contributed by atoms with E-state index in [4.69, 9.17) is 11.8 Å². The first kappa shape index (κ1) is 21.8. The molecule has 1 atom stereocenters. The van der Waals surface area contributed by atoms with Crippen molar-refractivity contribution in [3.05, 3.63) is 107 Å². The van der Waals surface area contributed by atoms with Crippen molar-refractivity contribution in [3.8, 4) is 0 Å². The van der Waals surface area contributed by atoms with Crippen molar-refractivity contribution in [1.29, 1.82) is 0 Å². The topological polar surface area (TPSA) is 94.3 Å². The van der Waals surface area contributed by atoms with E-state index in [1.165, 1.54) is 0 Å². The molecule has 0 radical (unpaired) electrons. The molecule has 0 saturated heterocycles. The van der Waals surface area contributed by atoms with Crippen molar-refractivity contribution >= 4 is 28.3 Å². The summed E-state index contributed by atoms with van der Waals surface area (Å²) in [6.45, 7) is 4.14. The number of esters is 1. The Balaban J connectivity index is 1.40. The van der Waals surface area contributed by atoms with Gasteiger partial charge in [0.05, 0.1) is 12.9 Å². The molecule has 0 spiro atoms. The maximum absolute atomic E-state index is 12.9. The second-order valence-corrected chi connectivity index (χ2v) is 8.27. The van der Waals surface area contributed by atoms with E-state index in [0.717, 1.165) is 33.0 Å². The highest BCUT2D eigenvalue weighted by molar-refractivity contribution is 5.98. The van der Waals surface area contributed by atoms with E-state index in [1.807, 2.05) is 56.3 Å². The summed E-state index contributed by atoms with van der Waals surface area (Å²) in [7, 11) is 0. The third kappa shape index (κ3) is 5.30. The van der Waals surface area contributed by atoms with Gasteiger partial charge in [-0.15, -0.1) is 0 Å². The fourth-order valence-electron chi connectivity index (χ4n) is 3.84. The van der Waals surface area contributed by atoms with Crippen molar-refractivity contribution in [2.45, 2.75) is 26.4 Å². The van der Waals surface area contributed by atoms with Gasteiger partial charge in [0.1, 0.15) is 6.61 Å². The monoisotopic (exact) mass is 454 g/mol. The lowest BCUT2D eigenvalue weighted by Crippen LogP contribution is -2.27. The van der Waals surface area contributed by atoms with Gasteiger partial charge in [0, 0.05) is 30.0 Å². The van der Waals surface area contributed by atoms with Crippen LogP contribution in [0, 0.1) is 13.8 Å². The molecule has 4 aromatic rings. The van der Waals surface area contributed by atoms with E-state index < -0.39 is 5.92 Å². The van der Waals surface area contributed by atoms with Crippen LogP contribution in [0.5, 0.6) is 0 Å². The number of hydrogen-bond donors (Lipinski definition) is 2. The van der Waals surface area contributed by atoms with E-state index in [0.29, 0.717) is 11.3 Å². The van der Waals surface area contributed by atoms with Crippen molar-refractivity contribution in [1.82, 2.24) is 4.98 Å². The predicted octanol–water partition coefficient (Wildman–Crippen LogP) is 4.89. The highest BCUT2D eigenvalue weighted by Crippen LogP contribution is 2.22. The van der Waals surface area contributed by atoms with Gasteiger partial charge < -0.3 is 15.8 Å². The molecule has 0 bridgehead atoms. The van der Waals surface area contributed by atoms with Crippen LogP contribution < -0.4 is 11.1 Å². The molecule has 1 heterocycles. The molecule has 3 N–H and O–H groups in total. The van der Waals surface area contributed by atoms with E-state index in [9.17, 15) is 9.59 Å². The van der Waals surface area contributed by atoms with Crippen LogP contribution in [-0.4, -0.2) is 23.4 Å². The van der Waals surface area contributed by atoms with Gasteiger partial charge >= 0.3 is 5.97 Å². The molecule has 34 heavy (non-hydrogen) atoms. The van der Waals surface area contributed by atoms with Gasteiger partial charge in [-0.1, -0.05) is 48.0 Å². The number of nitrogens with one attached hydrogen (secondary N) is 1. The molecule has 1 amide bonds. The van der Waals surface area contributed by atoms with Gasteiger partial charge in [-0.2, -0.15) is 0 Å². The molecule has 0 aliphatic carbocycles. The largest absolute Gasteiger partial charge is 0.457 e. The molecular formula is C28H27N3O3. The molecule has 4 rings (SSSR count). The Kier molecular flexibility index (Phi) is 6.59. The second-order valence-electron chi connectivity index (χ2n) is 8.27. The average molecular weight is 455 g/mol. The zero-order chi connectivity index (χ0) is 24.9. The first-order chi connectivity index (χ1) is 16.9. The summed E-state index contributed by atoms with van der Waals surface area (Å²) in [4.78, 5) is 29.3. The molecule has 0 saturated carbocycles. The molecule has 1 aromatic heterocycles. The minimum atomic E-state index is -0.540. The molecule has 6 heteroatoms. The number of carbonyl (C=O) groups excluding carboxylic acids is 2. The molecular weight excluding hydrogens is 426 g/mol. The average Bonchev–Trinajstić information content (AvgIpc) is 2.84. The van der Waals surface area contributed by atoms with Gasteiger partial charge in [-0.05, 0) is 60.2 Å². The number of aryl methyl sites for hydroxylation is 2. The molecule has 0 fully saturated rings.